The number of hydrogen-bond donors (Lipinski definition) is 1. The number of thiazole rings is 1. The third-order valence-electron chi connectivity index (χ3n) is 8.03. The Kier molecular flexibility index (Phi) is 5.39. The summed E-state index contributed by atoms with van der Waals surface area (Å²) in [5.74, 6) is 1.84. The number of hydrogen-bond acceptors (Lipinski definition) is 6. The molecule has 30 heavy (non-hydrogen) atoms. The monoisotopic (exact) mass is 428 g/mol. The maximum Gasteiger partial charge on any atom is 0.147 e. The van der Waals surface area contributed by atoms with Crippen LogP contribution in [0.5, 0.6) is 0 Å². The Bertz CT molecular complexity index is 915. The van der Waals surface area contributed by atoms with Crippen molar-refractivity contribution in [1.82, 2.24) is 19.9 Å². The third kappa shape index (κ3) is 4.03. The van der Waals surface area contributed by atoms with Gasteiger partial charge in [0.15, 0.2) is 0 Å². The molecule has 0 amide bonds. The minimum Gasteiger partial charge on any atom is -0.390 e. The summed E-state index contributed by atoms with van der Waals surface area (Å²) in [6.07, 6.45) is 10.5. The van der Waals surface area contributed by atoms with E-state index in [4.69, 9.17) is 15.0 Å². The molecule has 5 nitrogen and oxygen atoms in total. The molecule has 0 aromatic carbocycles. The molecule has 0 radical (unpaired) electrons. The maximum atomic E-state index is 11.0. The highest BCUT2D eigenvalue weighted by molar-refractivity contribution is 7.18. The zero-order valence-corrected chi connectivity index (χ0v) is 19.6. The van der Waals surface area contributed by atoms with Crippen LogP contribution in [0.4, 0.5) is 0 Å². The number of rotatable bonds is 3. The van der Waals surface area contributed by atoms with Crippen molar-refractivity contribution in [2.24, 2.45) is 11.3 Å². The molecule has 1 N–H and O–H groups in total. The van der Waals surface area contributed by atoms with Gasteiger partial charge >= 0.3 is 0 Å². The van der Waals surface area contributed by atoms with E-state index in [2.05, 4.69) is 18.7 Å². The Morgan fingerprint density at radius 1 is 1.03 bits per heavy atom. The number of likely N-dealkylation sites (tertiary alicyclic amines) is 1. The van der Waals surface area contributed by atoms with Crippen LogP contribution in [0.3, 0.4) is 0 Å². The van der Waals surface area contributed by atoms with Crippen molar-refractivity contribution < 1.29 is 5.11 Å². The van der Waals surface area contributed by atoms with Gasteiger partial charge in [0.2, 0.25) is 0 Å². The van der Waals surface area contributed by atoms with Crippen LogP contribution in [0.25, 0.3) is 10.3 Å². The zero-order chi connectivity index (χ0) is 20.9. The Hall–Kier alpha value is -1.11. The molecule has 2 aromatic rings. The van der Waals surface area contributed by atoms with Gasteiger partial charge in [-0.2, -0.15) is 0 Å². The SMILES string of the molecule is Cc1nc(CN2CCC3(O)CCCCC3C2)c2nc(C3CCC(C)(C)CC3)sc2n1. The Morgan fingerprint density at radius 2 is 1.83 bits per heavy atom. The van der Waals surface area contributed by atoms with Crippen LogP contribution in [-0.2, 0) is 6.54 Å². The molecule has 3 heterocycles. The molecule has 3 aliphatic rings. The van der Waals surface area contributed by atoms with Crippen LogP contribution in [0.2, 0.25) is 0 Å². The van der Waals surface area contributed by atoms with Crippen LogP contribution in [-0.4, -0.2) is 43.6 Å². The Labute approximate surface area is 184 Å². The molecule has 1 aliphatic heterocycles. The first-order valence-corrected chi connectivity index (χ1v) is 12.7. The standard InChI is InChI=1S/C24H36N4OS/c1-16-25-19(15-28-13-12-24(29)9-5-4-6-18(24)14-28)20-22(26-16)30-21(27-20)17-7-10-23(2,3)11-8-17/h17-18,29H,4-15H2,1-3H3. The average molecular weight is 429 g/mol. The van der Waals surface area contributed by atoms with Gasteiger partial charge in [-0.3, -0.25) is 4.90 Å². The fraction of sp³-hybridized carbons (Fsp3) is 0.792. The van der Waals surface area contributed by atoms with Crippen LogP contribution < -0.4 is 0 Å². The lowest BCUT2D eigenvalue weighted by Crippen LogP contribution is -2.53. The zero-order valence-electron chi connectivity index (χ0n) is 18.8. The molecular weight excluding hydrogens is 392 g/mol. The highest BCUT2D eigenvalue weighted by Crippen LogP contribution is 2.44. The lowest BCUT2D eigenvalue weighted by atomic mass is 9.71. The van der Waals surface area contributed by atoms with E-state index in [9.17, 15) is 5.11 Å². The number of aryl methyl sites for hydroxylation is 1. The second kappa shape index (κ2) is 7.79. The lowest BCUT2D eigenvalue weighted by Gasteiger charge is -2.47. The summed E-state index contributed by atoms with van der Waals surface area (Å²) < 4.78 is 0. The molecule has 2 unspecified atom stereocenters. The number of nitrogens with zero attached hydrogens (tertiary/aromatic N) is 4. The highest BCUT2D eigenvalue weighted by Gasteiger charge is 2.42. The summed E-state index contributed by atoms with van der Waals surface area (Å²) in [4.78, 5) is 18.2. The van der Waals surface area contributed by atoms with Crippen molar-refractivity contribution in [2.45, 2.75) is 96.6 Å². The van der Waals surface area contributed by atoms with Gasteiger partial charge in [0.1, 0.15) is 16.2 Å². The summed E-state index contributed by atoms with van der Waals surface area (Å²) in [6, 6.07) is 0. The third-order valence-corrected chi connectivity index (χ3v) is 9.14. The van der Waals surface area contributed by atoms with Crippen LogP contribution in [0.15, 0.2) is 0 Å². The second-order valence-corrected chi connectivity index (χ2v) is 11.9. The van der Waals surface area contributed by atoms with Crippen molar-refractivity contribution in [1.29, 1.82) is 0 Å². The number of fused-ring (bicyclic) bond motifs is 2. The van der Waals surface area contributed by atoms with Crippen molar-refractivity contribution >= 4 is 21.7 Å². The van der Waals surface area contributed by atoms with E-state index < -0.39 is 5.60 Å². The van der Waals surface area contributed by atoms with Crippen LogP contribution >= 0.6 is 11.3 Å². The summed E-state index contributed by atoms with van der Waals surface area (Å²) in [6.45, 7) is 9.54. The van der Waals surface area contributed by atoms with E-state index >= 15 is 0 Å². The molecule has 0 bridgehead atoms. The summed E-state index contributed by atoms with van der Waals surface area (Å²) in [5.41, 5.74) is 2.16. The first kappa shape index (κ1) is 20.8. The molecule has 6 heteroatoms. The predicted molar refractivity (Wildman–Crippen MR) is 122 cm³/mol. The summed E-state index contributed by atoms with van der Waals surface area (Å²) in [7, 11) is 0. The summed E-state index contributed by atoms with van der Waals surface area (Å²) in [5, 5.41) is 12.3. The fourth-order valence-corrected chi connectivity index (χ4v) is 7.11. The van der Waals surface area contributed by atoms with Crippen molar-refractivity contribution in [3.8, 4) is 0 Å². The fourth-order valence-electron chi connectivity index (χ4n) is 5.94. The molecule has 2 aliphatic carbocycles. The molecule has 0 spiro atoms. The predicted octanol–water partition coefficient (Wildman–Crippen LogP) is 5.21. The average Bonchev–Trinajstić information content (AvgIpc) is 3.12. The molecule has 2 atom stereocenters. The van der Waals surface area contributed by atoms with Crippen molar-refractivity contribution in [3.05, 3.63) is 16.5 Å². The first-order chi connectivity index (χ1) is 14.3. The summed E-state index contributed by atoms with van der Waals surface area (Å²) >= 11 is 1.79. The number of aromatic nitrogens is 3. The van der Waals surface area contributed by atoms with Crippen LogP contribution in [0, 0.1) is 18.3 Å². The van der Waals surface area contributed by atoms with E-state index in [0.717, 1.165) is 60.8 Å². The molecule has 3 fully saturated rings. The van der Waals surface area contributed by atoms with Gasteiger partial charge in [0.05, 0.1) is 16.3 Å². The van der Waals surface area contributed by atoms with E-state index in [-0.39, 0.29) is 0 Å². The van der Waals surface area contributed by atoms with Crippen molar-refractivity contribution in [3.63, 3.8) is 0 Å². The van der Waals surface area contributed by atoms with Gasteiger partial charge in [-0.1, -0.05) is 38.0 Å². The minimum atomic E-state index is -0.422. The molecular formula is C24H36N4OS. The maximum absolute atomic E-state index is 11.0. The Balaban J connectivity index is 1.36. The Morgan fingerprint density at radius 3 is 2.63 bits per heavy atom. The number of aliphatic hydroxyl groups is 1. The lowest BCUT2D eigenvalue weighted by molar-refractivity contribution is -0.0969. The van der Waals surface area contributed by atoms with E-state index in [1.54, 1.807) is 11.3 Å². The molecule has 2 aromatic heterocycles. The van der Waals surface area contributed by atoms with E-state index in [1.807, 2.05) is 6.92 Å². The first-order valence-electron chi connectivity index (χ1n) is 11.9. The van der Waals surface area contributed by atoms with Gasteiger partial charge in [-0.15, -0.1) is 0 Å². The molecule has 5 rings (SSSR count). The van der Waals surface area contributed by atoms with Gasteiger partial charge in [-0.25, -0.2) is 15.0 Å². The minimum absolute atomic E-state index is 0.412. The van der Waals surface area contributed by atoms with E-state index in [0.29, 0.717) is 17.3 Å². The molecule has 1 saturated heterocycles. The molecule has 2 saturated carbocycles. The second-order valence-electron chi connectivity index (χ2n) is 10.9. The van der Waals surface area contributed by atoms with Crippen molar-refractivity contribution in [2.75, 3.05) is 13.1 Å². The normalized spacial score (nSPS) is 30.5. The topological polar surface area (TPSA) is 62.1 Å². The molecule has 164 valence electrons. The van der Waals surface area contributed by atoms with Gasteiger partial charge in [-0.05, 0) is 57.3 Å². The van der Waals surface area contributed by atoms with Gasteiger partial charge < -0.3 is 5.11 Å². The quantitative estimate of drug-likeness (QED) is 0.727. The van der Waals surface area contributed by atoms with Crippen LogP contribution in [0.1, 0.15) is 94.1 Å². The van der Waals surface area contributed by atoms with Gasteiger partial charge in [0, 0.05) is 31.5 Å². The number of piperidine rings is 1. The van der Waals surface area contributed by atoms with Gasteiger partial charge in [0.25, 0.3) is 0 Å². The van der Waals surface area contributed by atoms with E-state index in [1.165, 1.54) is 43.5 Å². The highest BCUT2D eigenvalue weighted by atomic mass is 32.1. The smallest absolute Gasteiger partial charge is 0.147 e. The largest absolute Gasteiger partial charge is 0.390 e.